The number of halogens is 1. The maximum absolute atomic E-state index is 12.1. The van der Waals surface area contributed by atoms with Crippen molar-refractivity contribution in [3.05, 3.63) is 29.8 Å². The average Bonchev–Trinajstić information content (AvgIpc) is 2.87. The summed E-state index contributed by atoms with van der Waals surface area (Å²) in [5.41, 5.74) is 1.89. The van der Waals surface area contributed by atoms with Crippen molar-refractivity contribution in [3.63, 3.8) is 0 Å². The number of carboxylic acid groups (broad SMARTS) is 1. The number of carbonyl (C=O) groups excluding carboxylic acids is 1. The lowest BCUT2D eigenvalue weighted by Gasteiger charge is -2.20. The first-order valence-electron chi connectivity index (χ1n) is 6.96. The van der Waals surface area contributed by atoms with Crippen LogP contribution in [0.2, 0.25) is 0 Å². The molecule has 0 spiro atoms. The SMILES string of the molecule is CCc1ccccc1NC(=O)CN1CCCC1C(=O)O.Cl. The standard InChI is InChI=1S/C15H20N2O3.ClH/c1-2-11-6-3-4-7-12(11)16-14(18)10-17-9-5-8-13(17)15(19)20;/h3-4,6-7,13H,2,5,8-10H2,1H3,(H,16,18)(H,19,20);1H. The van der Waals surface area contributed by atoms with E-state index in [0.29, 0.717) is 13.0 Å². The third kappa shape index (κ3) is 4.44. The van der Waals surface area contributed by atoms with E-state index in [1.165, 1.54) is 0 Å². The van der Waals surface area contributed by atoms with Gasteiger partial charge >= 0.3 is 5.97 Å². The van der Waals surface area contributed by atoms with Crippen LogP contribution in [0.3, 0.4) is 0 Å². The Balaban J connectivity index is 0.00000220. The second-order valence-corrected chi connectivity index (χ2v) is 5.03. The Morgan fingerprint density at radius 1 is 1.38 bits per heavy atom. The number of nitrogens with one attached hydrogen (secondary N) is 1. The molecule has 0 aromatic heterocycles. The summed E-state index contributed by atoms with van der Waals surface area (Å²) in [4.78, 5) is 24.9. The molecule has 1 aliphatic rings. The van der Waals surface area contributed by atoms with Crippen molar-refractivity contribution in [2.45, 2.75) is 32.2 Å². The third-order valence-electron chi connectivity index (χ3n) is 3.67. The number of para-hydroxylation sites is 1. The second kappa shape index (κ2) is 8.00. The molecule has 1 aliphatic heterocycles. The van der Waals surface area contributed by atoms with Crippen molar-refractivity contribution in [1.82, 2.24) is 4.90 Å². The fourth-order valence-corrected chi connectivity index (χ4v) is 2.62. The Morgan fingerprint density at radius 3 is 2.76 bits per heavy atom. The van der Waals surface area contributed by atoms with Crippen molar-refractivity contribution >= 4 is 30.0 Å². The third-order valence-corrected chi connectivity index (χ3v) is 3.67. The number of carboxylic acids is 1. The van der Waals surface area contributed by atoms with Crippen LogP contribution in [0.15, 0.2) is 24.3 Å². The topological polar surface area (TPSA) is 69.6 Å². The maximum atomic E-state index is 12.1. The summed E-state index contributed by atoms with van der Waals surface area (Å²) in [6.45, 7) is 2.83. The number of hydrogen-bond donors (Lipinski definition) is 2. The van der Waals surface area contributed by atoms with Crippen molar-refractivity contribution in [2.75, 3.05) is 18.4 Å². The number of carbonyl (C=O) groups is 2. The number of benzene rings is 1. The van der Waals surface area contributed by atoms with Crippen LogP contribution < -0.4 is 5.32 Å². The Morgan fingerprint density at radius 2 is 2.10 bits per heavy atom. The van der Waals surface area contributed by atoms with Gasteiger partial charge in [0.05, 0.1) is 6.54 Å². The average molecular weight is 313 g/mol. The molecule has 1 aromatic carbocycles. The first kappa shape index (κ1) is 17.5. The molecule has 0 bridgehead atoms. The molecule has 1 unspecified atom stereocenters. The number of likely N-dealkylation sites (tertiary alicyclic amines) is 1. The molecule has 1 fully saturated rings. The lowest BCUT2D eigenvalue weighted by Crippen LogP contribution is -2.41. The molecule has 0 saturated carbocycles. The highest BCUT2D eigenvalue weighted by Crippen LogP contribution is 2.18. The molecular weight excluding hydrogens is 292 g/mol. The number of rotatable bonds is 5. The highest BCUT2D eigenvalue weighted by Gasteiger charge is 2.31. The lowest BCUT2D eigenvalue weighted by molar-refractivity contribution is -0.142. The van der Waals surface area contributed by atoms with Gasteiger partial charge in [0.1, 0.15) is 6.04 Å². The summed E-state index contributed by atoms with van der Waals surface area (Å²) in [6.07, 6.45) is 2.29. The first-order chi connectivity index (χ1) is 9.61. The van der Waals surface area contributed by atoms with Crippen LogP contribution in [0.1, 0.15) is 25.3 Å². The number of nitrogens with zero attached hydrogens (tertiary/aromatic N) is 1. The van der Waals surface area contributed by atoms with E-state index >= 15 is 0 Å². The van der Waals surface area contributed by atoms with Gasteiger partial charge in [-0.15, -0.1) is 12.4 Å². The summed E-state index contributed by atoms with van der Waals surface area (Å²) in [5.74, 6) is -0.997. The summed E-state index contributed by atoms with van der Waals surface area (Å²) < 4.78 is 0. The zero-order valence-electron chi connectivity index (χ0n) is 12.0. The van der Waals surface area contributed by atoms with Gasteiger partial charge in [0, 0.05) is 5.69 Å². The van der Waals surface area contributed by atoms with Crippen molar-refractivity contribution < 1.29 is 14.7 Å². The lowest BCUT2D eigenvalue weighted by atomic mass is 10.1. The van der Waals surface area contributed by atoms with Crippen LogP contribution in [0.4, 0.5) is 5.69 Å². The number of anilines is 1. The van der Waals surface area contributed by atoms with Gasteiger partial charge in [-0.05, 0) is 37.4 Å². The van der Waals surface area contributed by atoms with E-state index in [-0.39, 0.29) is 24.9 Å². The first-order valence-corrected chi connectivity index (χ1v) is 6.96. The van der Waals surface area contributed by atoms with Crippen molar-refractivity contribution in [1.29, 1.82) is 0 Å². The zero-order chi connectivity index (χ0) is 14.5. The number of hydrogen-bond acceptors (Lipinski definition) is 3. The maximum Gasteiger partial charge on any atom is 0.320 e. The van der Waals surface area contributed by atoms with Gasteiger partial charge in [0.25, 0.3) is 0 Å². The molecule has 0 aliphatic carbocycles. The van der Waals surface area contributed by atoms with Crippen LogP contribution in [-0.4, -0.2) is 41.0 Å². The second-order valence-electron chi connectivity index (χ2n) is 5.03. The minimum Gasteiger partial charge on any atom is -0.480 e. The Kier molecular flexibility index (Phi) is 6.65. The van der Waals surface area contributed by atoms with E-state index in [9.17, 15) is 9.59 Å². The molecule has 21 heavy (non-hydrogen) atoms. The number of aliphatic carboxylic acids is 1. The normalized spacial score (nSPS) is 18.0. The predicted molar refractivity (Wildman–Crippen MR) is 83.9 cm³/mol. The monoisotopic (exact) mass is 312 g/mol. The van der Waals surface area contributed by atoms with Crippen LogP contribution in [0.5, 0.6) is 0 Å². The fourth-order valence-electron chi connectivity index (χ4n) is 2.62. The van der Waals surface area contributed by atoms with Gasteiger partial charge in [-0.1, -0.05) is 25.1 Å². The Labute approximate surface area is 130 Å². The van der Waals surface area contributed by atoms with E-state index in [1.54, 1.807) is 4.90 Å². The van der Waals surface area contributed by atoms with Crippen LogP contribution in [-0.2, 0) is 16.0 Å². The number of amides is 1. The molecule has 2 rings (SSSR count). The molecule has 0 radical (unpaired) electrons. The van der Waals surface area contributed by atoms with E-state index in [4.69, 9.17) is 5.11 Å². The Bertz CT molecular complexity index is 507. The summed E-state index contributed by atoms with van der Waals surface area (Å²) >= 11 is 0. The van der Waals surface area contributed by atoms with Gasteiger partial charge in [0.15, 0.2) is 0 Å². The quantitative estimate of drug-likeness (QED) is 0.874. The highest BCUT2D eigenvalue weighted by atomic mass is 35.5. The molecule has 116 valence electrons. The van der Waals surface area contributed by atoms with Crippen LogP contribution in [0, 0.1) is 0 Å². The molecule has 1 amide bonds. The zero-order valence-corrected chi connectivity index (χ0v) is 12.9. The van der Waals surface area contributed by atoms with Crippen LogP contribution in [0.25, 0.3) is 0 Å². The van der Waals surface area contributed by atoms with Crippen molar-refractivity contribution in [2.24, 2.45) is 0 Å². The van der Waals surface area contributed by atoms with Gasteiger partial charge in [0.2, 0.25) is 5.91 Å². The predicted octanol–water partition coefficient (Wildman–Crippen LogP) is 2.16. The molecule has 1 heterocycles. The summed E-state index contributed by atoms with van der Waals surface area (Å²) in [6, 6.07) is 7.14. The minimum absolute atomic E-state index is 0. The minimum atomic E-state index is -0.843. The van der Waals surface area contributed by atoms with Gasteiger partial charge in [-0.3, -0.25) is 14.5 Å². The molecule has 2 N–H and O–H groups in total. The molecular formula is C15H21ClN2O3. The van der Waals surface area contributed by atoms with Crippen LogP contribution >= 0.6 is 12.4 Å². The molecule has 1 saturated heterocycles. The fraction of sp³-hybridized carbons (Fsp3) is 0.467. The van der Waals surface area contributed by atoms with E-state index in [1.807, 2.05) is 31.2 Å². The van der Waals surface area contributed by atoms with Gasteiger partial charge in [-0.2, -0.15) is 0 Å². The molecule has 1 aromatic rings. The molecule has 1 atom stereocenters. The van der Waals surface area contributed by atoms with Crippen molar-refractivity contribution in [3.8, 4) is 0 Å². The molecule has 6 heteroatoms. The Hall–Kier alpha value is -1.59. The van der Waals surface area contributed by atoms with E-state index in [2.05, 4.69) is 5.32 Å². The smallest absolute Gasteiger partial charge is 0.320 e. The van der Waals surface area contributed by atoms with E-state index in [0.717, 1.165) is 24.1 Å². The van der Waals surface area contributed by atoms with E-state index < -0.39 is 12.0 Å². The van der Waals surface area contributed by atoms with Gasteiger partial charge < -0.3 is 10.4 Å². The highest BCUT2D eigenvalue weighted by molar-refractivity contribution is 5.93. The largest absolute Gasteiger partial charge is 0.480 e. The van der Waals surface area contributed by atoms with Gasteiger partial charge in [-0.25, -0.2) is 0 Å². The summed E-state index contributed by atoms with van der Waals surface area (Å²) in [7, 11) is 0. The number of aryl methyl sites for hydroxylation is 1. The summed E-state index contributed by atoms with van der Waals surface area (Å²) in [5, 5.41) is 12.0. The molecule has 5 nitrogen and oxygen atoms in total.